The van der Waals surface area contributed by atoms with Gasteiger partial charge in [-0.25, -0.2) is 0 Å². The topological polar surface area (TPSA) is 61.3 Å². The van der Waals surface area contributed by atoms with Crippen LogP contribution in [0, 0.1) is 13.8 Å². The Hall–Kier alpha value is -1.81. The van der Waals surface area contributed by atoms with E-state index in [2.05, 4.69) is 37.2 Å². The van der Waals surface area contributed by atoms with E-state index in [1.807, 2.05) is 0 Å². The summed E-state index contributed by atoms with van der Waals surface area (Å²) in [6.45, 7) is 4.20. The number of nitrogen functional groups attached to an aromatic ring is 1. The van der Waals surface area contributed by atoms with E-state index in [-0.39, 0.29) is 5.60 Å². The van der Waals surface area contributed by atoms with Gasteiger partial charge in [0.25, 0.3) is 0 Å². The van der Waals surface area contributed by atoms with Crippen molar-refractivity contribution >= 4 is 5.88 Å². The van der Waals surface area contributed by atoms with Crippen LogP contribution in [0.15, 0.2) is 22.7 Å². The number of hydrogen-bond donors (Lipinski definition) is 1. The van der Waals surface area contributed by atoms with Crippen LogP contribution in [-0.2, 0) is 11.2 Å². The lowest BCUT2D eigenvalue weighted by atomic mass is 9.76. The fourth-order valence-electron chi connectivity index (χ4n) is 2.99. The van der Waals surface area contributed by atoms with Crippen molar-refractivity contribution in [3.05, 3.63) is 35.0 Å². The number of anilines is 1. The summed E-state index contributed by atoms with van der Waals surface area (Å²) in [6.07, 6.45) is 4.11. The second-order valence-corrected chi connectivity index (χ2v) is 6.09. The first-order valence-electron chi connectivity index (χ1n) is 7.41. The number of methoxy groups -OCH3 is 1. The van der Waals surface area contributed by atoms with E-state index < -0.39 is 0 Å². The number of rotatable bonds is 4. The Morgan fingerprint density at radius 1 is 1.29 bits per heavy atom. The largest absolute Gasteiger partial charge is 0.378 e. The molecule has 4 heteroatoms. The van der Waals surface area contributed by atoms with E-state index in [4.69, 9.17) is 15.0 Å². The third-order valence-corrected chi connectivity index (χ3v) is 4.77. The van der Waals surface area contributed by atoms with E-state index in [0.717, 1.165) is 36.1 Å². The van der Waals surface area contributed by atoms with Gasteiger partial charge in [-0.05, 0) is 49.8 Å². The Balaban J connectivity index is 1.98. The van der Waals surface area contributed by atoms with Crippen molar-refractivity contribution in [1.82, 2.24) is 5.16 Å². The molecule has 1 aliphatic carbocycles. The van der Waals surface area contributed by atoms with Crippen LogP contribution in [0.3, 0.4) is 0 Å². The highest BCUT2D eigenvalue weighted by Crippen LogP contribution is 2.41. The van der Waals surface area contributed by atoms with Gasteiger partial charge in [-0.1, -0.05) is 23.4 Å². The van der Waals surface area contributed by atoms with Crippen LogP contribution in [-0.4, -0.2) is 17.9 Å². The predicted octanol–water partition coefficient (Wildman–Crippen LogP) is 3.65. The average Bonchev–Trinajstić information content (AvgIpc) is 2.78. The van der Waals surface area contributed by atoms with Crippen LogP contribution in [0.25, 0.3) is 11.1 Å². The lowest BCUT2D eigenvalue weighted by molar-refractivity contribution is -0.0717. The van der Waals surface area contributed by atoms with Crippen molar-refractivity contribution in [2.24, 2.45) is 0 Å². The Morgan fingerprint density at radius 3 is 2.62 bits per heavy atom. The summed E-state index contributed by atoms with van der Waals surface area (Å²) in [7, 11) is 1.78. The van der Waals surface area contributed by atoms with E-state index in [1.165, 1.54) is 17.5 Å². The molecule has 0 unspecified atom stereocenters. The third kappa shape index (κ3) is 2.44. The zero-order chi connectivity index (χ0) is 15.0. The maximum absolute atomic E-state index is 6.01. The van der Waals surface area contributed by atoms with E-state index in [1.54, 1.807) is 7.11 Å². The van der Waals surface area contributed by atoms with Gasteiger partial charge in [0.05, 0.1) is 16.9 Å². The normalized spacial score (nSPS) is 16.7. The molecule has 0 amide bonds. The van der Waals surface area contributed by atoms with Gasteiger partial charge >= 0.3 is 0 Å². The summed E-state index contributed by atoms with van der Waals surface area (Å²) in [5.74, 6) is 0.388. The van der Waals surface area contributed by atoms with Crippen LogP contribution in [0.4, 0.5) is 5.88 Å². The number of aromatic nitrogens is 1. The van der Waals surface area contributed by atoms with Crippen molar-refractivity contribution in [2.75, 3.05) is 12.8 Å². The van der Waals surface area contributed by atoms with Gasteiger partial charge in [0.15, 0.2) is 0 Å². The Labute approximate surface area is 125 Å². The number of benzene rings is 1. The predicted molar refractivity (Wildman–Crippen MR) is 83.1 cm³/mol. The minimum Gasteiger partial charge on any atom is -0.378 e. The number of hydrogen-bond acceptors (Lipinski definition) is 4. The highest BCUT2D eigenvalue weighted by atomic mass is 16.5. The Bertz CT molecular complexity index is 651. The zero-order valence-electron chi connectivity index (χ0n) is 12.9. The minimum atomic E-state index is -0.0855. The highest BCUT2D eigenvalue weighted by molar-refractivity contribution is 5.75. The average molecular weight is 286 g/mol. The van der Waals surface area contributed by atoms with Crippen molar-refractivity contribution < 1.29 is 9.26 Å². The molecular formula is C17H22N2O2. The second kappa shape index (κ2) is 5.19. The maximum Gasteiger partial charge on any atom is 0.230 e. The molecule has 1 saturated carbocycles. The standard InChI is InChI=1S/C17H22N2O2/c1-11-5-6-13(9-12(11)2)15-14(19-21-16(15)18)10-17(20-3)7-4-8-17/h5-6,9H,4,7-8,10,18H2,1-3H3. The molecule has 1 aromatic heterocycles. The van der Waals surface area contributed by atoms with Crippen molar-refractivity contribution in [3.8, 4) is 11.1 Å². The Kier molecular flexibility index (Phi) is 3.49. The lowest BCUT2D eigenvalue weighted by Gasteiger charge is -2.40. The summed E-state index contributed by atoms with van der Waals surface area (Å²) >= 11 is 0. The molecule has 2 aromatic rings. The van der Waals surface area contributed by atoms with E-state index in [9.17, 15) is 0 Å². The number of nitrogens with two attached hydrogens (primary N) is 1. The highest BCUT2D eigenvalue weighted by Gasteiger charge is 2.39. The van der Waals surface area contributed by atoms with Gasteiger partial charge in [-0.2, -0.15) is 0 Å². The molecule has 1 aromatic carbocycles. The SMILES string of the molecule is COC1(Cc2noc(N)c2-c2ccc(C)c(C)c2)CCC1. The van der Waals surface area contributed by atoms with Gasteiger partial charge < -0.3 is 15.0 Å². The van der Waals surface area contributed by atoms with Crippen LogP contribution in [0.2, 0.25) is 0 Å². The summed E-state index contributed by atoms with van der Waals surface area (Å²) in [4.78, 5) is 0. The van der Waals surface area contributed by atoms with Gasteiger partial charge in [0.1, 0.15) is 0 Å². The zero-order valence-corrected chi connectivity index (χ0v) is 12.9. The molecule has 0 atom stereocenters. The second-order valence-electron chi connectivity index (χ2n) is 6.09. The van der Waals surface area contributed by atoms with Crippen molar-refractivity contribution in [1.29, 1.82) is 0 Å². The monoisotopic (exact) mass is 286 g/mol. The molecule has 2 N–H and O–H groups in total. The molecule has 0 radical (unpaired) electrons. The molecule has 1 heterocycles. The molecule has 0 bridgehead atoms. The summed E-state index contributed by atoms with van der Waals surface area (Å²) in [5.41, 5.74) is 11.3. The van der Waals surface area contributed by atoms with Crippen molar-refractivity contribution in [2.45, 2.75) is 45.1 Å². The number of ether oxygens (including phenoxy) is 1. The van der Waals surface area contributed by atoms with E-state index >= 15 is 0 Å². The van der Waals surface area contributed by atoms with Crippen LogP contribution >= 0.6 is 0 Å². The Morgan fingerprint density at radius 2 is 2.05 bits per heavy atom. The van der Waals surface area contributed by atoms with Gasteiger partial charge in [0, 0.05) is 13.5 Å². The molecule has 21 heavy (non-hydrogen) atoms. The van der Waals surface area contributed by atoms with E-state index in [0.29, 0.717) is 5.88 Å². The number of aryl methyl sites for hydroxylation is 2. The molecule has 3 rings (SSSR count). The summed E-state index contributed by atoms with van der Waals surface area (Å²) in [6, 6.07) is 6.33. The first-order valence-corrected chi connectivity index (χ1v) is 7.41. The minimum absolute atomic E-state index is 0.0855. The van der Waals surface area contributed by atoms with Gasteiger partial charge in [0.2, 0.25) is 5.88 Å². The molecule has 0 aliphatic heterocycles. The van der Waals surface area contributed by atoms with Gasteiger partial charge in [-0.3, -0.25) is 0 Å². The number of nitrogens with zero attached hydrogens (tertiary/aromatic N) is 1. The molecular weight excluding hydrogens is 264 g/mol. The smallest absolute Gasteiger partial charge is 0.230 e. The van der Waals surface area contributed by atoms with Crippen LogP contribution in [0.1, 0.15) is 36.1 Å². The summed E-state index contributed by atoms with van der Waals surface area (Å²) < 4.78 is 10.9. The fraction of sp³-hybridized carbons (Fsp3) is 0.471. The molecule has 112 valence electrons. The molecule has 0 saturated heterocycles. The first-order chi connectivity index (χ1) is 10.0. The molecule has 4 nitrogen and oxygen atoms in total. The van der Waals surface area contributed by atoms with Crippen LogP contribution in [0.5, 0.6) is 0 Å². The summed E-state index contributed by atoms with van der Waals surface area (Å²) in [5, 5.41) is 4.18. The molecule has 0 spiro atoms. The van der Waals surface area contributed by atoms with Crippen molar-refractivity contribution in [3.63, 3.8) is 0 Å². The first kappa shape index (κ1) is 14.1. The molecule has 1 aliphatic rings. The maximum atomic E-state index is 6.01. The lowest BCUT2D eigenvalue weighted by Crippen LogP contribution is -2.41. The third-order valence-electron chi connectivity index (χ3n) is 4.77. The van der Waals surface area contributed by atoms with Crippen LogP contribution < -0.4 is 5.73 Å². The van der Waals surface area contributed by atoms with Gasteiger partial charge in [-0.15, -0.1) is 0 Å². The molecule has 1 fully saturated rings. The quantitative estimate of drug-likeness (QED) is 0.932. The fourth-order valence-corrected chi connectivity index (χ4v) is 2.99.